The molecule has 0 saturated carbocycles. The fourth-order valence-corrected chi connectivity index (χ4v) is 2.31. The maximum atomic E-state index is 12.7. The van der Waals surface area contributed by atoms with E-state index >= 15 is 0 Å². The fraction of sp³-hybridized carbons (Fsp3) is 0. The van der Waals surface area contributed by atoms with Gasteiger partial charge in [-0.15, -0.1) is 0 Å². The molecule has 0 bridgehead atoms. The zero-order chi connectivity index (χ0) is 8.55. The van der Waals surface area contributed by atoms with Crippen molar-refractivity contribution in [1.29, 1.82) is 0 Å². The van der Waals surface area contributed by atoms with Crippen LogP contribution in [-0.2, 0) is 0 Å². The zero-order valence-corrected chi connectivity index (χ0v) is 8.84. The first-order chi connectivity index (χ1) is 5.81. The van der Waals surface area contributed by atoms with Gasteiger partial charge in [-0.25, -0.2) is 9.37 Å². The number of halogens is 2. The van der Waals surface area contributed by atoms with Gasteiger partial charge in [-0.3, -0.25) is 3.97 Å². The number of hydrogen-bond acceptors (Lipinski definition) is 2. The van der Waals surface area contributed by atoms with Crippen LogP contribution in [0.15, 0.2) is 24.5 Å². The van der Waals surface area contributed by atoms with E-state index in [-0.39, 0.29) is 5.82 Å². The quantitative estimate of drug-likeness (QED) is 0.752. The Kier molecular flexibility index (Phi) is 2.22. The van der Waals surface area contributed by atoms with Crippen molar-refractivity contribution in [2.24, 2.45) is 0 Å². The second kappa shape index (κ2) is 3.21. The van der Waals surface area contributed by atoms with Gasteiger partial charge in [-0.1, -0.05) is 0 Å². The van der Waals surface area contributed by atoms with E-state index in [1.165, 1.54) is 21.4 Å². The topological polar surface area (TPSA) is 17.8 Å². The third-order valence-electron chi connectivity index (χ3n) is 1.53. The lowest BCUT2D eigenvalue weighted by Gasteiger charge is -1.95. The Morgan fingerprint density at radius 3 is 3.17 bits per heavy atom. The molecule has 0 aliphatic heterocycles. The predicted octanol–water partition coefficient (Wildman–Crippen LogP) is 3.02. The van der Waals surface area contributed by atoms with E-state index in [0.29, 0.717) is 0 Å². The molecule has 0 aliphatic rings. The number of aromatic nitrogens is 2. The first-order valence-corrected chi connectivity index (χ1v) is 6.54. The van der Waals surface area contributed by atoms with Crippen LogP contribution in [0.3, 0.4) is 0 Å². The molecule has 0 aromatic carbocycles. The molecule has 0 unspecified atom stereocenters. The van der Waals surface area contributed by atoms with E-state index in [4.69, 9.17) is 0 Å². The maximum absolute atomic E-state index is 12.7. The minimum atomic E-state index is -0.293. The first-order valence-electron chi connectivity index (χ1n) is 3.23. The summed E-state index contributed by atoms with van der Waals surface area (Å²) in [6.07, 6.45) is 3.10. The van der Waals surface area contributed by atoms with Gasteiger partial charge in [0.05, 0.1) is 6.20 Å². The van der Waals surface area contributed by atoms with Gasteiger partial charge in [0.25, 0.3) is 0 Å². The van der Waals surface area contributed by atoms with Crippen molar-refractivity contribution in [1.82, 2.24) is 8.96 Å². The largest absolute Gasteiger partial charge is 0.266 e. The molecule has 0 fully saturated rings. The van der Waals surface area contributed by atoms with Crippen LogP contribution in [0.2, 0.25) is 0 Å². The van der Waals surface area contributed by atoms with Gasteiger partial charge in [-0.05, 0) is 12.1 Å². The van der Waals surface area contributed by atoms with Crippen LogP contribution in [0, 0.1) is 5.82 Å². The third kappa shape index (κ3) is 1.31. The van der Waals surface area contributed by atoms with Crippen molar-refractivity contribution in [2.45, 2.75) is 0 Å². The van der Waals surface area contributed by atoms with Crippen LogP contribution in [0.25, 0.3) is 11.0 Å². The van der Waals surface area contributed by atoms with Crippen molar-refractivity contribution in [3.05, 3.63) is 30.3 Å². The Hall–Kier alpha value is -0.300. The average Bonchev–Trinajstić information content (AvgIpc) is 2.46. The number of pyridine rings is 1. The van der Waals surface area contributed by atoms with Crippen LogP contribution in [0.5, 0.6) is 0 Å². The molecule has 0 atom stereocenters. The Morgan fingerprint density at radius 1 is 1.58 bits per heavy atom. The van der Waals surface area contributed by atoms with Gasteiger partial charge in [-0.2, -0.15) is 0 Å². The third-order valence-corrected chi connectivity index (χ3v) is 3.25. The molecule has 12 heavy (non-hydrogen) atoms. The second-order valence-electron chi connectivity index (χ2n) is 2.28. The number of rotatable bonds is 1. The lowest BCUT2D eigenvalue weighted by molar-refractivity contribution is 0.624. The Morgan fingerprint density at radius 2 is 2.42 bits per heavy atom. The molecule has 2 nitrogen and oxygen atoms in total. The summed E-state index contributed by atoms with van der Waals surface area (Å²) >= 11 is 2.15. The molecule has 0 aliphatic carbocycles. The molecule has 0 saturated heterocycles. The van der Waals surface area contributed by atoms with Gasteiger partial charge in [0.1, 0.15) is 5.82 Å². The summed E-state index contributed by atoms with van der Waals surface area (Å²) in [5.74, 6) is -0.293. The van der Waals surface area contributed by atoms with Crippen LogP contribution in [-0.4, -0.2) is 8.96 Å². The van der Waals surface area contributed by atoms with Crippen molar-refractivity contribution < 1.29 is 4.39 Å². The summed E-state index contributed by atoms with van der Waals surface area (Å²) in [4.78, 5) is 3.97. The zero-order valence-electron chi connectivity index (χ0n) is 5.87. The molecular weight excluding hydrogens is 290 g/mol. The summed E-state index contributed by atoms with van der Waals surface area (Å²) in [5.41, 5.74) is 0.802. The van der Waals surface area contributed by atoms with E-state index in [1.807, 2.05) is 16.2 Å². The molecule has 2 aromatic heterocycles. The molecule has 0 amide bonds. The fourth-order valence-electron chi connectivity index (χ4n) is 1.03. The number of hydrogen-bond donors (Lipinski definition) is 0. The highest BCUT2D eigenvalue weighted by molar-refractivity contribution is 14.2. The lowest BCUT2D eigenvalue weighted by Crippen LogP contribution is -1.84. The van der Waals surface area contributed by atoms with Crippen molar-refractivity contribution in [2.75, 3.05) is 0 Å². The Balaban J connectivity index is 2.73. The van der Waals surface area contributed by atoms with Crippen LogP contribution in [0.1, 0.15) is 0 Å². The highest BCUT2D eigenvalue weighted by Gasteiger charge is 2.02. The van der Waals surface area contributed by atoms with Gasteiger partial charge < -0.3 is 0 Å². The standard InChI is InChI=1S/C7H4FIN2S/c8-6-3-5-1-2-11(12-9)7(5)10-4-6/h1-4H. The molecule has 0 radical (unpaired) electrons. The molecule has 0 N–H and O–H groups in total. The second-order valence-corrected chi connectivity index (χ2v) is 3.99. The van der Waals surface area contributed by atoms with Gasteiger partial charge in [0, 0.05) is 41.9 Å². The minimum Gasteiger partial charge on any atom is -0.266 e. The van der Waals surface area contributed by atoms with Gasteiger partial charge >= 0.3 is 0 Å². The summed E-state index contributed by atoms with van der Waals surface area (Å²) in [6, 6.07) is 3.32. The van der Waals surface area contributed by atoms with Gasteiger partial charge in [0.15, 0.2) is 5.65 Å². The summed E-state index contributed by atoms with van der Waals surface area (Å²) in [6.45, 7) is 0. The van der Waals surface area contributed by atoms with Crippen LogP contribution in [0.4, 0.5) is 4.39 Å². The molecule has 0 spiro atoms. The van der Waals surface area contributed by atoms with E-state index in [2.05, 4.69) is 26.2 Å². The van der Waals surface area contributed by atoms with Crippen LogP contribution >= 0.6 is 30.3 Å². The Labute approximate surface area is 84.9 Å². The minimum absolute atomic E-state index is 0.293. The smallest absolute Gasteiger partial charge is 0.150 e. The summed E-state index contributed by atoms with van der Waals surface area (Å²) in [5, 5.41) is 0.833. The van der Waals surface area contributed by atoms with Crippen molar-refractivity contribution >= 4 is 41.4 Å². The molecule has 2 rings (SSSR count). The van der Waals surface area contributed by atoms with Crippen molar-refractivity contribution in [3.63, 3.8) is 0 Å². The average molecular weight is 294 g/mol. The number of fused-ring (bicyclic) bond motifs is 1. The maximum Gasteiger partial charge on any atom is 0.150 e. The molecule has 5 heteroatoms. The predicted molar refractivity (Wildman–Crippen MR) is 56.7 cm³/mol. The van der Waals surface area contributed by atoms with Crippen molar-refractivity contribution in [3.8, 4) is 0 Å². The molecular formula is C7H4FIN2S. The van der Waals surface area contributed by atoms with E-state index in [1.54, 1.807) is 0 Å². The summed E-state index contributed by atoms with van der Waals surface area (Å²) in [7, 11) is 1.51. The van der Waals surface area contributed by atoms with Crippen LogP contribution < -0.4 is 0 Å². The SMILES string of the molecule is Fc1cnc2c(ccn2SI)c1. The summed E-state index contributed by atoms with van der Waals surface area (Å²) < 4.78 is 14.6. The van der Waals surface area contributed by atoms with E-state index < -0.39 is 0 Å². The number of nitrogens with zero attached hydrogens (tertiary/aromatic N) is 2. The molecule has 2 heterocycles. The highest BCUT2D eigenvalue weighted by atomic mass is 127. The highest BCUT2D eigenvalue weighted by Crippen LogP contribution is 2.23. The van der Waals surface area contributed by atoms with Gasteiger partial charge in [0.2, 0.25) is 0 Å². The normalized spacial score (nSPS) is 10.8. The molecule has 62 valence electrons. The monoisotopic (exact) mass is 294 g/mol. The lowest BCUT2D eigenvalue weighted by atomic mass is 10.3. The molecule has 2 aromatic rings. The first kappa shape index (κ1) is 8.31. The van der Waals surface area contributed by atoms with E-state index in [9.17, 15) is 4.39 Å². The van der Waals surface area contributed by atoms with E-state index in [0.717, 1.165) is 11.0 Å². The Bertz CT molecular complexity index is 415.